The van der Waals surface area contributed by atoms with Gasteiger partial charge in [-0.25, -0.2) is 0 Å². The van der Waals surface area contributed by atoms with Gasteiger partial charge in [-0.2, -0.15) is 0 Å². The summed E-state index contributed by atoms with van der Waals surface area (Å²) in [6.45, 7) is 22.0. The van der Waals surface area contributed by atoms with Gasteiger partial charge >= 0.3 is 0 Å². The Morgan fingerprint density at radius 1 is 0.720 bits per heavy atom. The molecular formula is C21H44O2S2. The lowest BCUT2D eigenvalue weighted by Gasteiger charge is -2.27. The van der Waals surface area contributed by atoms with E-state index in [1.54, 1.807) is 0 Å². The molecule has 0 rings (SSSR count). The van der Waals surface area contributed by atoms with E-state index in [4.69, 9.17) is 9.47 Å². The van der Waals surface area contributed by atoms with Crippen LogP contribution in [0, 0.1) is 10.8 Å². The molecule has 0 spiro atoms. The molecule has 0 aromatic rings. The number of rotatable bonds is 13. The molecule has 0 aromatic heterocycles. The first-order valence-corrected chi connectivity index (χ1v) is 12.3. The maximum Gasteiger partial charge on any atom is 0.0634 e. The lowest BCUT2D eigenvalue weighted by molar-refractivity contribution is -0.0289. The number of hydrogen-bond donors (Lipinski definition) is 0. The van der Waals surface area contributed by atoms with Crippen LogP contribution in [0.25, 0.3) is 0 Å². The maximum atomic E-state index is 6.08. The fourth-order valence-corrected chi connectivity index (χ4v) is 4.46. The van der Waals surface area contributed by atoms with Crippen LogP contribution < -0.4 is 0 Å². The minimum atomic E-state index is -0.0117. The fraction of sp³-hybridized carbons (Fsp3) is 1.00. The smallest absolute Gasteiger partial charge is 0.0634 e. The highest BCUT2D eigenvalue weighted by molar-refractivity contribution is 8.76. The van der Waals surface area contributed by atoms with Gasteiger partial charge in [0.15, 0.2) is 0 Å². The van der Waals surface area contributed by atoms with Crippen LogP contribution in [0.4, 0.5) is 0 Å². The van der Waals surface area contributed by atoms with Gasteiger partial charge in [0, 0.05) is 24.7 Å². The second-order valence-corrected chi connectivity index (χ2v) is 12.8. The molecule has 2 nitrogen and oxygen atoms in total. The Bertz CT molecular complexity index is 330. The van der Waals surface area contributed by atoms with Gasteiger partial charge in [-0.3, -0.25) is 0 Å². The van der Waals surface area contributed by atoms with Crippen LogP contribution in [-0.2, 0) is 9.47 Å². The average Bonchev–Trinajstić information content (AvgIpc) is 2.39. The Balaban J connectivity index is 3.61. The van der Waals surface area contributed by atoms with Crippen LogP contribution in [0.1, 0.15) is 88.0 Å². The summed E-state index contributed by atoms with van der Waals surface area (Å²) in [4.78, 5) is 0. The van der Waals surface area contributed by atoms with Crippen molar-refractivity contribution in [2.75, 3.05) is 24.7 Å². The number of ether oxygens (including phenoxy) is 2. The molecule has 0 aromatic carbocycles. The van der Waals surface area contributed by atoms with Crippen LogP contribution in [-0.4, -0.2) is 36.4 Å². The number of hydrogen-bond acceptors (Lipinski definition) is 4. The van der Waals surface area contributed by atoms with E-state index < -0.39 is 0 Å². The average molecular weight is 393 g/mol. The lowest BCUT2D eigenvalue weighted by Crippen LogP contribution is -2.27. The predicted molar refractivity (Wildman–Crippen MR) is 118 cm³/mol. The molecular weight excluding hydrogens is 348 g/mol. The standard InChI is InChI=1S/C21H44O2S2/c1-18(22-14-11-19(2,3)4)10-16-24-25-17-13-21(8,9)23-15-12-20(5,6)7/h18H,10-17H2,1-9H3. The first-order valence-electron chi connectivity index (χ1n) is 9.81. The van der Waals surface area contributed by atoms with Crippen LogP contribution in [0.5, 0.6) is 0 Å². The second kappa shape index (κ2) is 12.2. The molecule has 0 radical (unpaired) electrons. The maximum absolute atomic E-state index is 6.08. The highest BCUT2D eigenvalue weighted by atomic mass is 33.1. The minimum Gasteiger partial charge on any atom is -0.378 e. The van der Waals surface area contributed by atoms with E-state index in [2.05, 4.69) is 62.3 Å². The molecule has 0 bridgehead atoms. The molecule has 0 aliphatic carbocycles. The summed E-state index contributed by atoms with van der Waals surface area (Å²) in [6.07, 6.45) is 4.85. The van der Waals surface area contributed by atoms with Crippen molar-refractivity contribution in [2.24, 2.45) is 10.8 Å². The molecule has 1 atom stereocenters. The molecule has 0 aliphatic rings. The molecule has 4 heteroatoms. The quantitative estimate of drug-likeness (QED) is 0.243. The van der Waals surface area contributed by atoms with Gasteiger partial charge in [0.2, 0.25) is 0 Å². The largest absolute Gasteiger partial charge is 0.378 e. The van der Waals surface area contributed by atoms with Crippen molar-refractivity contribution in [3.05, 3.63) is 0 Å². The molecule has 1 unspecified atom stereocenters. The van der Waals surface area contributed by atoms with E-state index in [1.165, 1.54) is 0 Å². The predicted octanol–water partition coefficient (Wildman–Crippen LogP) is 7.22. The van der Waals surface area contributed by atoms with Gasteiger partial charge in [-0.1, -0.05) is 63.1 Å². The normalized spacial score (nSPS) is 14.8. The summed E-state index contributed by atoms with van der Waals surface area (Å²) >= 11 is 0. The SMILES string of the molecule is CC(CCSSCCC(C)(C)OCCC(C)(C)C)OCCC(C)(C)C. The van der Waals surface area contributed by atoms with Gasteiger partial charge < -0.3 is 9.47 Å². The summed E-state index contributed by atoms with van der Waals surface area (Å²) < 4.78 is 12.0. The van der Waals surface area contributed by atoms with E-state index in [-0.39, 0.29) is 5.60 Å². The third kappa shape index (κ3) is 19.2. The fourth-order valence-electron chi connectivity index (χ4n) is 1.97. The second-order valence-electron chi connectivity index (χ2n) is 10.1. The Morgan fingerprint density at radius 3 is 1.80 bits per heavy atom. The summed E-state index contributed by atoms with van der Waals surface area (Å²) in [5.41, 5.74) is 0.709. The summed E-state index contributed by atoms with van der Waals surface area (Å²) in [7, 11) is 3.94. The summed E-state index contributed by atoms with van der Waals surface area (Å²) in [6, 6.07) is 0. The van der Waals surface area contributed by atoms with Crippen molar-refractivity contribution in [3.63, 3.8) is 0 Å². The Labute approximate surface area is 166 Å². The third-order valence-corrected chi connectivity index (χ3v) is 6.52. The van der Waals surface area contributed by atoms with Crippen molar-refractivity contribution in [1.29, 1.82) is 0 Å². The van der Waals surface area contributed by atoms with E-state index in [0.29, 0.717) is 16.9 Å². The van der Waals surface area contributed by atoms with Crippen LogP contribution in [0.15, 0.2) is 0 Å². The van der Waals surface area contributed by atoms with Gasteiger partial charge in [0.05, 0.1) is 11.7 Å². The minimum absolute atomic E-state index is 0.0117. The molecule has 0 saturated carbocycles. The summed E-state index contributed by atoms with van der Waals surface area (Å²) in [5.74, 6) is 2.30. The summed E-state index contributed by atoms with van der Waals surface area (Å²) in [5, 5.41) is 0. The Kier molecular flexibility index (Phi) is 12.5. The van der Waals surface area contributed by atoms with E-state index in [9.17, 15) is 0 Å². The van der Waals surface area contributed by atoms with E-state index >= 15 is 0 Å². The van der Waals surface area contributed by atoms with Gasteiger partial charge in [0.1, 0.15) is 0 Å². The zero-order valence-electron chi connectivity index (χ0n) is 18.4. The first kappa shape index (κ1) is 25.6. The molecule has 0 amide bonds. The highest BCUT2D eigenvalue weighted by Crippen LogP contribution is 2.28. The van der Waals surface area contributed by atoms with Crippen molar-refractivity contribution in [2.45, 2.75) is 99.7 Å². The third-order valence-electron chi connectivity index (χ3n) is 4.08. The van der Waals surface area contributed by atoms with Gasteiger partial charge in [-0.05, 0) is 57.3 Å². The van der Waals surface area contributed by atoms with Crippen LogP contribution in [0.2, 0.25) is 0 Å². The lowest BCUT2D eigenvalue weighted by atomic mass is 9.93. The topological polar surface area (TPSA) is 18.5 Å². The Morgan fingerprint density at radius 2 is 1.24 bits per heavy atom. The van der Waals surface area contributed by atoms with Crippen molar-refractivity contribution in [3.8, 4) is 0 Å². The molecule has 0 N–H and O–H groups in total. The zero-order valence-corrected chi connectivity index (χ0v) is 20.0. The van der Waals surface area contributed by atoms with Gasteiger partial charge in [0.25, 0.3) is 0 Å². The van der Waals surface area contributed by atoms with Gasteiger partial charge in [-0.15, -0.1) is 0 Å². The molecule has 0 heterocycles. The molecule has 0 fully saturated rings. The van der Waals surface area contributed by atoms with Crippen LogP contribution >= 0.6 is 21.6 Å². The molecule has 0 saturated heterocycles. The van der Waals surface area contributed by atoms with Crippen molar-refractivity contribution < 1.29 is 9.47 Å². The molecule has 25 heavy (non-hydrogen) atoms. The van der Waals surface area contributed by atoms with E-state index in [1.807, 2.05) is 21.6 Å². The van der Waals surface area contributed by atoms with E-state index in [0.717, 1.165) is 50.4 Å². The first-order chi connectivity index (χ1) is 11.3. The Hall–Kier alpha value is 0.620. The van der Waals surface area contributed by atoms with Crippen molar-refractivity contribution >= 4 is 21.6 Å². The highest BCUT2D eigenvalue weighted by Gasteiger charge is 2.19. The van der Waals surface area contributed by atoms with Crippen molar-refractivity contribution in [1.82, 2.24) is 0 Å². The zero-order chi connectivity index (χ0) is 19.6. The van der Waals surface area contributed by atoms with Crippen LogP contribution in [0.3, 0.4) is 0 Å². The molecule has 0 aliphatic heterocycles. The monoisotopic (exact) mass is 392 g/mol. The molecule has 152 valence electrons.